The van der Waals surface area contributed by atoms with Gasteiger partial charge in [-0.05, 0) is 37.5 Å². The van der Waals surface area contributed by atoms with Crippen LogP contribution >= 0.6 is 0 Å². The summed E-state index contributed by atoms with van der Waals surface area (Å²) in [4.78, 5) is 0. The molecule has 2 aliphatic rings. The van der Waals surface area contributed by atoms with Gasteiger partial charge in [-0.15, -0.1) is 0 Å². The van der Waals surface area contributed by atoms with Crippen LogP contribution in [0.3, 0.4) is 0 Å². The van der Waals surface area contributed by atoms with Crippen molar-refractivity contribution in [2.24, 2.45) is 11.8 Å². The summed E-state index contributed by atoms with van der Waals surface area (Å²) in [5.41, 5.74) is 0. The number of hydrogen-bond acceptors (Lipinski definition) is 2. The number of methoxy groups -OCH3 is 1. The van der Waals surface area contributed by atoms with E-state index in [1.807, 2.05) is 0 Å². The van der Waals surface area contributed by atoms with Gasteiger partial charge in [0.1, 0.15) is 0 Å². The molecule has 0 amide bonds. The molecular formula is C16H30O2. The highest BCUT2D eigenvalue weighted by Gasteiger charge is 2.34. The van der Waals surface area contributed by atoms with E-state index in [0.29, 0.717) is 11.8 Å². The van der Waals surface area contributed by atoms with Crippen LogP contribution in [0, 0.1) is 11.8 Å². The molecule has 2 unspecified atom stereocenters. The molecule has 2 atom stereocenters. The van der Waals surface area contributed by atoms with E-state index in [1.165, 1.54) is 70.6 Å². The maximum absolute atomic E-state index is 10.7. The monoisotopic (exact) mass is 254 g/mol. The fourth-order valence-corrected chi connectivity index (χ4v) is 3.99. The molecule has 2 rings (SSSR count). The first-order chi connectivity index (χ1) is 8.83. The van der Waals surface area contributed by atoms with Gasteiger partial charge in [0, 0.05) is 7.11 Å². The van der Waals surface area contributed by atoms with Crippen LogP contribution in [0.15, 0.2) is 0 Å². The van der Waals surface area contributed by atoms with Crippen molar-refractivity contribution in [3.63, 3.8) is 0 Å². The van der Waals surface area contributed by atoms with Crippen LogP contribution in [0.5, 0.6) is 0 Å². The van der Waals surface area contributed by atoms with E-state index < -0.39 is 0 Å². The maximum Gasteiger partial charge on any atom is 0.0860 e. The topological polar surface area (TPSA) is 29.5 Å². The predicted octanol–water partition coefficient (Wildman–Crippen LogP) is 3.91. The molecule has 2 heteroatoms. The quantitative estimate of drug-likeness (QED) is 0.771. The van der Waals surface area contributed by atoms with Crippen LogP contribution < -0.4 is 0 Å². The van der Waals surface area contributed by atoms with Crippen LogP contribution in [-0.2, 0) is 4.74 Å². The van der Waals surface area contributed by atoms with E-state index in [0.717, 1.165) is 0 Å². The molecule has 2 aliphatic carbocycles. The van der Waals surface area contributed by atoms with Crippen molar-refractivity contribution in [1.82, 2.24) is 0 Å². The van der Waals surface area contributed by atoms with Gasteiger partial charge in [0.05, 0.1) is 12.2 Å². The number of hydrogen-bond donors (Lipinski definition) is 1. The number of aliphatic hydroxyl groups is 1. The molecule has 0 spiro atoms. The van der Waals surface area contributed by atoms with E-state index in [-0.39, 0.29) is 12.2 Å². The van der Waals surface area contributed by atoms with Crippen molar-refractivity contribution >= 4 is 0 Å². The summed E-state index contributed by atoms with van der Waals surface area (Å²) in [6.45, 7) is 0. The second-order valence-electron chi connectivity index (χ2n) is 6.34. The molecule has 0 heterocycles. The third-order valence-corrected chi connectivity index (χ3v) is 5.11. The van der Waals surface area contributed by atoms with Crippen molar-refractivity contribution in [2.45, 2.75) is 82.8 Å². The number of rotatable bonds is 4. The van der Waals surface area contributed by atoms with E-state index in [2.05, 4.69) is 0 Å². The summed E-state index contributed by atoms with van der Waals surface area (Å²) >= 11 is 0. The zero-order chi connectivity index (χ0) is 12.8. The Morgan fingerprint density at radius 1 is 0.778 bits per heavy atom. The van der Waals surface area contributed by atoms with E-state index >= 15 is 0 Å². The molecule has 0 radical (unpaired) electrons. The van der Waals surface area contributed by atoms with E-state index in [4.69, 9.17) is 4.74 Å². The molecule has 0 aromatic rings. The fourth-order valence-electron chi connectivity index (χ4n) is 3.99. The average molecular weight is 254 g/mol. The molecule has 1 N–H and O–H groups in total. The zero-order valence-corrected chi connectivity index (χ0v) is 11.9. The molecular weight excluding hydrogens is 224 g/mol. The Kier molecular flexibility index (Phi) is 5.97. The smallest absolute Gasteiger partial charge is 0.0860 e. The summed E-state index contributed by atoms with van der Waals surface area (Å²) in [5, 5.41) is 10.7. The Hall–Kier alpha value is -0.0800. The molecule has 0 aliphatic heterocycles. The van der Waals surface area contributed by atoms with Crippen LogP contribution in [0.1, 0.15) is 70.6 Å². The summed E-state index contributed by atoms with van der Waals surface area (Å²) in [5.74, 6) is 1.08. The lowest BCUT2D eigenvalue weighted by molar-refractivity contribution is -0.0803. The summed E-state index contributed by atoms with van der Waals surface area (Å²) in [6, 6.07) is 0. The highest BCUT2D eigenvalue weighted by Crippen LogP contribution is 2.34. The molecule has 0 bridgehead atoms. The van der Waals surface area contributed by atoms with Crippen molar-refractivity contribution < 1.29 is 9.84 Å². The molecule has 106 valence electrons. The normalized spacial score (nSPS) is 27.7. The minimum absolute atomic E-state index is 0.0911. The molecule has 0 saturated heterocycles. The fraction of sp³-hybridized carbons (Fsp3) is 1.00. The Morgan fingerprint density at radius 3 is 1.72 bits per heavy atom. The maximum atomic E-state index is 10.7. The van der Waals surface area contributed by atoms with Gasteiger partial charge in [0.25, 0.3) is 0 Å². The first-order valence-electron chi connectivity index (χ1n) is 8.04. The molecule has 2 fully saturated rings. The van der Waals surface area contributed by atoms with Gasteiger partial charge in [0.2, 0.25) is 0 Å². The van der Waals surface area contributed by atoms with Crippen LogP contribution in [0.25, 0.3) is 0 Å². The molecule has 2 nitrogen and oxygen atoms in total. The second kappa shape index (κ2) is 7.49. The molecule has 0 aromatic heterocycles. The van der Waals surface area contributed by atoms with Gasteiger partial charge in [0.15, 0.2) is 0 Å². The SMILES string of the molecule is COC(C1CCCCC1)C(O)C1CCCCCC1. The largest absolute Gasteiger partial charge is 0.390 e. The lowest BCUT2D eigenvalue weighted by atomic mass is 9.79. The van der Waals surface area contributed by atoms with Crippen molar-refractivity contribution in [2.75, 3.05) is 7.11 Å². The predicted molar refractivity (Wildman–Crippen MR) is 74.6 cm³/mol. The summed E-state index contributed by atoms with van der Waals surface area (Å²) in [6.07, 6.45) is 14.1. The van der Waals surface area contributed by atoms with Crippen molar-refractivity contribution in [3.05, 3.63) is 0 Å². The van der Waals surface area contributed by atoms with Gasteiger partial charge >= 0.3 is 0 Å². The minimum atomic E-state index is -0.226. The molecule has 2 saturated carbocycles. The molecule has 0 aromatic carbocycles. The Labute approximate surface area is 112 Å². The first kappa shape index (κ1) is 14.3. The molecule has 18 heavy (non-hydrogen) atoms. The first-order valence-corrected chi connectivity index (χ1v) is 8.04. The summed E-state index contributed by atoms with van der Waals surface area (Å²) in [7, 11) is 1.79. The Bertz CT molecular complexity index is 215. The van der Waals surface area contributed by atoms with Crippen molar-refractivity contribution in [3.8, 4) is 0 Å². The number of ether oxygens (including phenoxy) is 1. The Balaban J connectivity index is 1.92. The third kappa shape index (κ3) is 3.71. The zero-order valence-electron chi connectivity index (χ0n) is 11.9. The lowest BCUT2D eigenvalue weighted by Crippen LogP contribution is -2.41. The van der Waals surface area contributed by atoms with Gasteiger partial charge in [-0.3, -0.25) is 0 Å². The van der Waals surface area contributed by atoms with Crippen LogP contribution in [0.2, 0.25) is 0 Å². The standard InChI is InChI=1S/C16H30O2/c1-18-16(14-11-7-4-8-12-14)15(17)13-9-5-2-3-6-10-13/h13-17H,2-12H2,1H3. The second-order valence-corrected chi connectivity index (χ2v) is 6.34. The van der Waals surface area contributed by atoms with E-state index in [1.54, 1.807) is 7.11 Å². The summed E-state index contributed by atoms with van der Waals surface area (Å²) < 4.78 is 5.70. The van der Waals surface area contributed by atoms with Gasteiger partial charge in [-0.25, -0.2) is 0 Å². The van der Waals surface area contributed by atoms with Crippen molar-refractivity contribution in [1.29, 1.82) is 0 Å². The van der Waals surface area contributed by atoms with Gasteiger partial charge < -0.3 is 9.84 Å². The number of aliphatic hydroxyl groups excluding tert-OH is 1. The third-order valence-electron chi connectivity index (χ3n) is 5.11. The average Bonchev–Trinajstić information content (AvgIpc) is 2.69. The highest BCUT2D eigenvalue weighted by atomic mass is 16.5. The minimum Gasteiger partial charge on any atom is -0.390 e. The highest BCUT2D eigenvalue weighted by molar-refractivity contribution is 4.85. The Morgan fingerprint density at radius 2 is 1.22 bits per heavy atom. The van der Waals surface area contributed by atoms with Crippen LogP contribution in [0.4, 0.5) is 0 Å². The van der Waals surface area contributed by atoms with Crippen LogP contribution in [-0.4, -0.2) is 24.4 Å². The van der Waals surface area contributed by atoms with E-state index in [9.17, 15) is 5.11 Å². The van der Waals surface area contributed by atoms with Gasteiger partial charge in [-0.1, -0.05) is 44.9 Å². The lowest BCUT2D eigenvalue weighted by Gasteiger charge is -2.35. The van der Waals surface area contributed by atoms with Gasteiger partial charge in [-0.2, -0.15) is 0 Å².